The summed E-state index contributed by atoms with van der Waals surface area (Å²) in [6.45, 7) is 13.9. The topological polar surface area (TPSA) is 47.6 Å². The van der Waals surface area contributed by atoms with E-state index >= 15 is 0 Å². The molecule has 1 fully saturated rings. The lowest BCUT2D eigenvalue weighted by Crippen LogP contribution is -2.49. The molecule has 0 aromatic rings. The summed E-state index contributed by atoms with van der Waals surface area (Å²) in [5.74, 6) is 0.435. The highest BCUT2D eigenvalue weighted by Gasteiger charge is 2.54. The van der Waals surface area contributed by atoms with Crippen LogP contribution in [-0.4, -0.2) is 39.1 Å². The number of nitrogens with one attached hydrogen (secondary N) is 1. The van der Waals surface area contributed by atoms with Crippen LogP contribution in [0.1, 0.15) is 61.3 Å². The molecule has 0 radical (unpaired) electrons. The molecule has 0 saturated carbocycles. The van der Waals surface area contributed by atoms with Gasteiger partial charge >= 0.3 is 7.12 Å². The fraction of sp³-hybridized carbons (Fsp3) is 1.00. The van der Waals surface area contributed by atoms with Crippen molar-refractivity contribution < 1.29 is 13.5 Å². The second kappa shape index (κ2) is 6.87. The first kappa shape index (κ1) is 19.4. The maximum absolute atomic E-state index is 12.4. The van der Waals surface area contributed by atoms with Gasteiger partial charge in [-0.3, -0.25) is 0 Å². The van der Waals surface area contributed by atoms with Crippen molar-refractivity contribution in [3.63, 3.8) is 0 Å². The molecule has 124 valence electrons. The van der Waals surface area contributed by atoms with Crippen molar-refractivity contribution in [2.75, 3.05) is 5.88 Å². The highest BCUT2D eigenvalue weighted by Crippen LogP contribution is 2.38. The molecular weight excluding hydrogens is 308 g/mol. The van der Waals surface area contributed by atoms with Gasteiger partial charge in [0, 0.05) is 5.88 Å². The lowest BCUT2D eigenvalue weighted by molar-refractivity contribution is 0.00578. The molecule has 0 aliphatic carbocycles. The predicted molar refractivity (Wildman–Crippen MR) is 90.9 cm³/mol. The summed E-state index contributed by atoms with van der Waals surface area (Å²) >= 11 is 5.81. The fourth-order valence-corrected chi connectivity index (χ4v) is 2.93. The van der Waals surface area contributed by atoms with Crippen molar-refractivity contribution in [1.82, 2.24) is 4.72 Å². The zero-order chi connectivity index (χ0) is 16.5. The number of hydrogen-bond donors (Lipinski definition) is 1. The van der Waals surface area contributed by atoms with Crippen LogP contribution in [0.15, 0.2) is 0 Å². The van der Waals surface area contributed by atoms with Gasteiger partial charge in [-0.2, -0.15) is 0 Å². The fourth-order valence-electron chi connectivity index (χ4n) is 1.91. The van der Waals surface area contributed by atoms with E-state index in [1.165, 1.54) is 0 Å². The molecule has 1 saturated heterocycles. The second-order valence-electron chi connectivity index (χ2n) is 7.56. The van der Waals surface area contributed by atoms with Crippen molar-refractivity contribution in [1.29, 1.82) is 0 Å². The summed E-state index contributed by atoms with van der Waals surface area (Å²) in [5.41, 5.74) is -0.774. The number of hydrogen-bond acceptors (Lipinski definition) is 3. The summed E-state index contributed by atoms with van der Waals surface area (Å²) in [6, 6.07) is 0. The Bertz CT molecular complexity index is 369. The van der Waals surface area contributed by atoms with E-state index in [2.05, 4.69) is 4.72 Å². The Morgan fingerprint density at radius 3 is 2.05 bits per heavy atom. The van der Waals surface area contributed by atoms with Crippen LogP contribution in [0.2, 0.25) is 0 Å². The zero-order valence-corrected chi connectivity index (χ0v) is 15.9. The molecule has 2 atom stereocenters. The summed E-state index contributed by atoms with van der Waals surface area (Å²) in [7, 11) is -1.58. The smallest absolute Gasteiger partial charge is 0.402 e. The van der Waals surface area contributed by atoms with E-state index in [4.69, 9.17) is 20.9 Å². The molecule has 21 heavy (non-hydrogen) atoms. The molecule has 0 aromatic carbocycles. The lowest BCUT2D eigenvalue weighted by atomic mass is 9.76. The van der Waals surface area contributed by atoms with Gasteiger partial charge in [0.15, 0.2) is 0 Å². The van der Waals surface area contributed by atoms with E-state index in [0.29, 0.717) is 5.88 Å². The average Bonchev–Trinajstić information content (AvgIpc) is 2.52. The first-order chi connectivity index (χ1) is 9.40. The third-order valence-corrected chi connectivity index (χ3v) is 5.96. The summed E-state index contributed by atoms with van der Waals surface area (Å²) in [4.78, 5) is 0. The number of alkyl halides is 1. The van der Waals surface area contributed by atoms with Crippen LogP contribution in [0.3, 0.4) is 0 Å². The minimum absolute atomic E-state index is 0.134. The number of rotatable bonds is 6. The Balaban J connectivity index is 2.82. The van der Waals surface area contributed by atoms with E-state index in [1.54, 1.807) is 0 Å². The van der Waals surface area contributed by atoms with Gasteiger partial charge in [0.1, 0.15) is 0 Å². The highest BCUT2D eigenvalue weighted by atomic mass is 35.5. The highest BCUT2D eigenvalue weighted by molar-refractivity contribution is 7.84. The monoisotopic (exact) mass is 337 g/mol. The lowest BCUT2D eigenvalue weighted by Gasteiger charge is -2.32. The van der Waals surface area contributed by atoms with Gasteiger partial charge in [0.05, 0.1) is 32.9 Å². The normalized spacial score (nSPS) is 24.1. The summed E-state index contributed by atoms with van der Waals surface area (Å²) in [5, 5.41) is 0. The Kier molecular flexibility index (Phi) is 6.36. The number of halogens is 1. The van der Waals surface area contributed by atoms with Crippen LogP contribution in [0.5, 0.6) is 0 Å². The molecule has 0 aromatic heterocycles. The van der Waals surface area contributed by atoms with Gasteiger partial charge in [-0.1, -0.05) is 0 Å². The standard InChI is InChI=1S/C14H29BClNO3S/c1-12(2,3)21(18)17-11(9-8-10-16)15-19-13(4,5)14(6,7)20-15/h11,17H,8-10H2,1-7H3/t11-,21?/m0/s1. The third-order valence-electron chi connectivity index (χ3n) is 4.06. The molecule has 1 aliphatic heterocycles. The van der Waals surface area contributed by atoms with Crippen molar-refractivity contribution >= 4 is 29.7 Å². The molecule has 0 spiro atoms. The van der Waals surface area contributed by atoms with E-state index in [0.717, 1.165) is 12.8 Å². The molecular formula is C14H29BClNO3S. The van der Waals surface area contributed by atoms with Crippen molar-refractivity contribution in [3.05, 3.63) is 0 Å². The Hall–Kier alpha value is 0.385. The van der Waals surface area contributed by atoms with Crippen molar-refractivity contribution in [2.24, 2.45) is 0 Å². The molecule has 1 heterocycles. The SMILES string of the molecule is CC(C)(C)S(=O)N[C@@H](CCCCl)B1OC(C)(C)C(C)(C)O1. The molecule has 1 rings (SSSR count). The van der Waals surface area contributed by atoms with Crippen LogP contribution in [0, 0.1) is 0 Å². The second-order valence-corrected chi connectivity index (χ2v) is 9.94. The van der Waals surface area contributed by atoms with Crippen molar-refractivity contribution in [3.8, 4) is 0 Å². The van der Waals surface area contributed by atoms with Gasteiger partial charge in [0.2, 0.25) is 0 Å². The van der Waals surface area contributed by atoms with E-state index in [9.17, 15) is 4.21 Å². The van der Waals surface area contributed by atoms with Crippen LogP contribution in [0.4, 0.5) is 0 Å². The minimum atomic E-state index is -1.17. The quantitative estimate of drug-likeness (QED) is 0.598. The third kappa shape index (κ3) is 4.93. The molecule has 0 bridgehead atoms. The van der Waals surface area contributed by atoms with Gasteiger partial charge in [-0.25, -0.2) is 8.93 Å². The van der Waals surface area contributed by atoms with Crippen LogP contribution in [0.25, 0.3) is 0 Å². The van der Waals surface area contributed by atoms with Gasteiger partial charge in [-0.15, -0.1) is 11.6 Å². The van der Waals surface area contributed by atoms with E-state index in [-0.39, 0.29) is 21.9 Å². The maximum Gasteiger partial charge on any atom is 0.477 e. The van der Waals surface area contributed by atoms with Crippen LogP contribution >= 0.6 is 11.6 Å². The van der Waals surface area contributed by atoms with Gasteiger partial charge < -0.3 is 9.31 Å². The largest absolute Gasteiger partial charge is 0.477 e. The van der Waals surface area contributed by atoms with E-state index < -0.39 is 18.1 Å². The Morgan fingerprint density at radius 1 is 1.19 bits per heavy atom. The molecule has 1 N–H and O–H groups in total. The predicted octanol–water partition coefficient (Wildman–Crippen LogP) is 3.06. The minimum Gasteiger partial charge on any atom is -0.402 e. The van der Waals surface area contributed by atoms with Gasteiger partial charge in [0.25, 0.3) is 0 Å². The first-order valence-corrected chi connectivity index (χ1v) is 9.19. The first-order valence-electron chi connectivity index (χ1n) is 7.50. The maximum atomic E-state index is 12.4. The molecule has 1 aliphatic rings. The van der Waals surface area contributed by atoms with E-state index in [1.807, 2.05) is 48.5 Å². The Morgan fingerprint density at radius 2 is 1.67 bits per heavy atom. The molecule has 7 heteroatoms. The zero-order valence-electron chi connectivity index (χ0n) is 14.3. The van der Waals surface area contributed by atoms with Gasteiger partial charge in [-0.05, 0) is 61.3 Å². The molecule has 1 unspecified atom stereocenters. The van der Waals surface area contributed by atoms with Crippen LogP contribution in [-0.2, 0) is 20.3 Å². The van der Waals surface area contributed by atoms with Crippen LogP contribution < -0.4 is 4.72 Å². The molecule has 0 amide bonds. The Labute approximate surface area is 137 Å². The average molecular weight is 338 g/mol. The van der Waals surface area contributed by atoms with Crippen molar-refractivity contribution in [2.45, 2.75) is 83.2 Å². The summed E-state index contributed by atoms with van der Waals surface area (Å²) in [6.07, 6.45) is 1.59. The molecule has 4 nitrogen and oxygen atoms in total. The summed E-state index contributed by atoms with van der Waals surface area (Å²) < 4.78 is 27.4.